The van der Waals surface area contributed by atoms with Gasteiger partial charge in [0.15, 0.2) is 0 Å². The Morgan fingerprint density at radius 2 is 2.31 bits per heavy atom. The zero-order valence-corrected chi connectivity index (χ0v) is 9.48. The van der Waals surface area contributed by atoms with E-state index in [2.05, 4.69) is 22.4 Å². The quantitative estimate of drug-likeness (QED) is 0.821. The van der Waals surface area contributed by atoms with Crippen LogP contribution in [0.3, 0.4) is 0 Å². The lowest BCUT2D eigenvalue weighted by Crippen LogP contribution is -2.21. The first kappa shape index (κ1) is 10.2. The zero-order valence-electron chi connectivity index (χ0n) is 9.48. The van der Waals surface area contributed by atoms with Crippen LogP contribution in [0.15, 0.2) is 4.52 Å². The van der Waals surface area contributed by atoms with Crippen molar-refractivity contribution in [1.82, 2.24) is 15.5 Å². The first-order valence-electron chi connectivity index (χ1n) is 6.03. The number of ether oxygens (including phenoxy) is 1. The van der Waals surface area contributed by atoms with Gasteiger partial charge in [0, 0.05) is 12.6 Å². The van der Waals surface area contributed by atoms with Gasteiger partial charge < -0.3 is 14.6 Å². The van der Waals surface area contributed by atoms with Crippen molar-refractivity contribution >= 4 is 0 Å². The average Bonchev–Trinajstić information content (AvgIpc) is 2.96. The molecule has 0 aromatic carbocycles. The van der Waals surface area contributed by atoms with Crippen molar-refractivity contribution in [2.75, 3.05) is 13.2 Å². The maximum Gasteiger partial charge on any atom is 0.231 e. The van der Waals surface area contributed by atoms with E-state index in [1.807, 2.05) is 0 Å². The van der Waals surface area contributed by atoms with Gasteiger partial charge in [0.1, 0.15) is 6.10 Å². The van der Waals surface area contributed by atoms with Crippen LogP contribution < -0.4 is 5.32 Å². The third kappa shape index (κ3) is 1.74. The highest BCUT2D eigenvalue weighted by Gasteiger charge is 2.31. The minimum Gasteiger partial charge on any atom is -0.370 e. The number of nitrogens with one attached hydrogen (secondary N) is 1. The SMILES string of the molecule is CC1NCCC1c1nc(C2CCCO2)no1. The van der Waals surface area contributed by atoms with Crippen molar-refractivity contribution in [3.8, 4) is 0 Å². The average molecular weight is 223 g/mol. The summed E-state index contributed by atoms with van der Waals surface area (Å²) in [6.45, 7) is 4.01. The van der Waals surface area contributed by atoms with Crippen LogP contribution in [0, 0.1) is 0 Å². The van der Waals surface area contributed by atoms with Gasteiger partial charge in [-0.3, -0.25) is 0 Å². The Labute approximate surface area is 94.6 Å². The van der Waals surface area contributed by atoms with Gasteiger partial charge in [-0.15, -0.1) is 0 Å². The van der Waals surface area contributed by atoms with E-state index in [-0.39, 0.29) is 6.10 Å². The Bertz CT molecular complexity index is 360. The minimum atomic E-state index is 0.0576. The maximum absolute atomic E-state index is 5.54. The Balaban J connectivity index is 1.76. The molecule has 3 atom stereocenters. The van der Waals surface area contributed by atoms with Crippen molar-refractivity contribution in [2.24, 2.45) is 0 Å². The van der Waals surface area contributed by atoms with Crippen LogP contribution in [0.1, 0.15) is 49.9 Å². The number of aromatic nitrogens is 2. The summed E-state index contributed by atoms with van der Waals surface area (Å²) >= 11 is 0. The van der Waals surface area contributed by atoms with Gasteiger partial charge in [0.05, 0.1) is 5.92 Å². The number of nitrogens with zero attached hydrogens (tertiary/aromatic N) is 2. The van der Waals surface area contributed by atoms with Crippen LogP contribution in [0.2, 0.25) is 0 Å². The summed E-state index contributed by atoms with van der Waals surface area (Å²) in [4.78, 5) is 4.48. The fraction of sp³-hybridized carbons (Fsp3) is 0.818. The van der Waals surface area contributed by atoms with E-state index < -0.39 is 0 Å². The molecule has 5 heteroatoms. The molecule has 2 aliphatic heterocycles. The molecule has 2 fully saturated rings. The first-order valence-corrected chi connectivity index (χ1v) is 6.03. The fourth-order valence-corrected chi connectivity index (χ4v) is 2.51. The first-order chi connectivity index (χ1) is 7.84. The van der Waals surface area contributed by atoms with E-state index in [0.717, 1.165) is 44.1 Å². The van der Waals surface area contributed by atoms with Gasteiger partial charge in [-0.2, -0.15) is 4.98 Å². The van der Waals surface area contributed by atoms with E-state index in [9.17, 15) is 0 Å². The van der Waals surface area contributed by atoms with Crippen molar-refractivity contribution in [3.63, 3.8) is 0 Å². The molecule has 1 aromatic heterocycles. The summed E-state index contributed by atoms with van der Waals surface area (Å²) in [6.07, 6.45) is 3.24. The van der Waals surface area contributed by atoms with Crippen LogP contribution in [0.25, 0.3) is 0 Å². The van der Waals surface area contributed by atoms with Gasteiger partial charge in [-0.05, 0) is 32.7 Å². The van der Waals surface area contributed by atoms with Gasteiger partial charge in [-0.1, -0.05) is 5.16 Å². The third-order valence-electron chi connectivity index (χ3n) is 3.52. The number of hydrogen-bond donors (Lipinski definition) is 1. The third-order valence-corrected chi connectivity index (χ3v) is 3.52. The lowest BCUT2D eigenvalue weighted by atomic mass is 10.0. The molecule has 2 saturated heterocycles. The molecule has 88 valence electrons. The topological polar surface area (TPSA) is 60.2 Å². The molecular weight excluding hydrogens is 206 g/mol. The molecule has 3 heterocycles. The van der Waals surface area contributed by atoms with Gasteiger partial charge in [0.25, 0.3) is 0 Å². The van der Waals surface area contributed by atoms with Crippen molar-refractivity contribution < 1.29 is 9.26 Å². The van der Waals surface area contributed by atoms with Crippen LogP contribution >= 0.6 is 0 Å². The van der Waals surface area contributed by atoms with E-state index in [1.54, 1.807) is 0 Å². The molecule has 2 aliphatic rings. The maximum atomic E-state index is 5.54. The molecule has 0 saturated carbocycles. The number of rotatable bonds is 2. The summed E-state index contributed by atoms with van der Waals surface area (Å²) in [5.41, 5.74) is 0. The molecule has 0 bridgehead atoms. The van der Waals surface area contributed by atoms with Crippen molar-refractivity contribution in [3.05, 3.63) is 11.7 Å². The molecule has 16 heavy (non-hydrogen) atoms. The summed E-state index contributed by atoms with van der Waals surface area (Å²) in [5.74, 6) is 1.86. The zero-order chi connectivity index (χ0) is 11.0. The van der Waals surface area contributed by atoms with Crippen LogP contribution in [0.4, 0.5) is 0 Å². The van der Waals surface area contributed by atoms with E-state index in [0.29, 0.717) is 12.0 Å². The highest BCUT2D eigenvalue weighted by atomic mass is 16.5. The second-order valence-electron chi connectivity index (χ2n) is 4.63. The second kappa shape index (κ2) is 4.14. The molecule has 0 radical (unpaired) electrons. The minimum absolute atomic E-state index is 0.0576. The normalized spacial score (nSPS) is 34.7. The highest BCUT2D eigenvalue weighted by molar-refractivity contribution is 5.03. The monoisotopic (exact) mass is 223 g/mol. The smallest absolute Gasteiger partial charge is 0.231 e. The molecule has 5 nitrogen and oxygen atoms in total. The van der Waals surface area contributed by atoms with Crippen LogP contribution in [-0.2, 0) is 4.74 Å². The van der Waals surface area contributed by atoms with Crippen LogP contribution in [0.5, 0.6) is 0 Å². The van der Waals surface area contributed by atoms with Gasteiger partial charge in [-0.25, -0.2) is 0 Å². The Morgan fingerprint density at radius 3 is 3.00 bits per heavy atom. The lowest BCUT2D eigenvalue weighted by molar-refractivity contribution is 0.103. The van der Waals surface area contributed by atoms with E-state index >= 15 is 0 Å². The summed E-state index contributed by atoms with van der Waals surface area (Å²) in [5, 5.41) is 7.43. The standard InChI is InChI=1S/C11H17N3O2/c1-7-8(4-5-12-7)11-13-10(14-16-11)9-3-2-6-15-9/h7-9,12H,2-6H2,1H3. The molecule has 3 rings (SSSR count). The van der Waals surface area contributed by atoms with Gasteiger partial charge in [0.2, 0.25) is 11.7 Å². The molecule has 3 unspecified atom stereocenters. The predicted molar refractivity (Wildman–Crippen MR) is 57.0 cm³/mol. The molecular formula is C11H17N3O2. The predicted octanol–water partition coefficient (Wildman–Crippen LogP) is 1.39. The van der Waals surface area contributed by atoms with Crippen molar-refractivity contribution in [2.45, 2.75) is 44.2 Å². The molecule has 0 amide bonds. The second-order valence-corrected chi connectivity index (χ2v) is 4.63. The largest absolute Gasteiger partial charge is 0.370 e. The molecule has 1 N–H and O–H groups in total. The summed E-state index contributed by atoms with van der Waals surface area (Å²) in [7, 11) is 0. The lowest BCUT2D eigenvalue weighted by Gasteiger charge is -2.09. The summed E-state index contributed by atoms with van der Waals surface area (Å²) in [6, 6.07) is 0.429. The Morgan fingerprint density at radius 1 is 1.38 bits per heavy atom. The van der Waals surface area contributed by atoms with E-state index in [4.69, 9.17) is 9.26 Å². The summed E-state index contributed by atoms with van der Waals surface area (Å²) < 4.78 is 10.9. The molecule has 0 spiro atoms. The Hall–Kier alpha value is -0.940. The molecule has 0 aliphatic carbocycles. The van der Waals surface area contributed by atoms with E-state index in [1.165, 1.54) is 0 Å². The van der Waals surface area contributed by atoms with Crippen LogP contribution in [-0.4, -0.2) is 29.3 Å². The van der Waals surface area contributed by atoms with Gasteiger partial charge >= 0.3 is 0 Å². The Kier molecular flexibility index (Phi) is 2.65. The highest BCUT2D eigenvalue weighted by Crippen LogP contribution is 2.30. The van der Waals surface area contributed by atoms with Crippen molar-refractivity contribution in [1.29, 1.82) is 0 Å². The molecule has 1 aromatic rings. The fourth-order valence-electron chi connectivity index (χ4n) is 2.51. The number of hydrogen-bond acceptors (Lipinski definition) is 5.